The van der Waals surface area contributed by atoms with Crippen LogP contribution in [0.5, 0.6) is 5.75 Å². The Morgan fingerprint density at radius 2 is 1.48 bits per heavy atom. The smallest absolute Gasteiger partial charge is 0.243 e. The number of amides is 2. The van der Waals surface area contributed by atoms with E-state index in [1.807, 2.05) is 60.7 Å². The average Bonchev–Trinajstić information content (AvgIpc) is 2.75. The number of hydrogen-bond donors (Lipinski definition) is 1. The summed E-state index contributed by atoms with van der Waals surface area (Å²) in [5.74, 6) is -0.218. The van der Waals surface area contributed by atoms with Crippen LogP contribution < -0.4 is 10.1 Å². The van der Waals surface area contributed by atoms with Gasteiger partial charge in [0.2, 0.25) is 11.8 Å². The molecule has 1 N–H and O–H groups in total. The second-order valence-electron chi connectivity index (χ2n) is 6.73. The lowest BCUT2D eigenvalue weighted by Crippen LogP contribution is -2.38. The van der Waals surface area contributed by atoms with E-state index in [-0.39, 0.29) is 18.4 Å². The highest BCUT2D eigenvalue weighted by atomic mass is 16.5. The molecule has 5 nitrogen and oxygen atoms in total. The molecule has 0 spiro atoms. The highest BCUT2D eigenvalue weighted by Crippen LogP contribution is 2.26. The van der Waals surface area contributed by atoms with Crippen LogP contribution in [0.25, 0.3) is 0 Å². The largest absolute Gasteiger partial charge is 0.497 e. The minimum Gasteiger partial charge on any atom is -0.497 e. The number of methoxy groups -OCH3 is 1. The van der Waals surface area contributed by atoms with Crippen molar-refractivity contribution >= 4 is 17.5 Å². The quantitative estimate of drug-likeness (QED) is 0.667. The molecule has 3 rings (SSSR count). The Morgan fingerprint density at radius 3 is 2.03 bits per heavy atom. The third-order valence-corrected chi connectivity index (χ3v) is 4.62. The molecular weight excluding hydrogens is 364 g/mol. The van der Waals surface area contributed by atoms with Crippen molar-refractivity contribution in [2.75, 3.05) is 26.0 Å². The Morgan fingerprint density at radius 1 is 0.897 bits per heavy atom. The molecule has 0 aliphatic heterocycles. The summed E-state index contributed by atoms with van der Waals surface area (Å²) < 4.78 is 5.17. The van der Waals surface area contributed by atoms with E-state index in [9.17, 15) is 9.59 Å². The van der Waals surface area contributed by atoms with Crippen LogP contribution in [0, 0.1) is 0 Å². The molecule has 0 saturated carbocycles. The summed E-state index contributed by atoms with van der Waals surface area (Å²) in [4.78, 5) is 27.2. The summed E-state index contributed by atoms with van der Waals surface area (Å²) in [6.07, 6.45) is 0. The van der Waals surface area contributed by atoms with Gasteiger partial charge in [-0.25, -0.2) is 0 Å². The second kappa shape index (κ2) is 9.55. The Kier molecular flexibility index (Phi) is 6.63. The first-order chi connectivity index (χ1) is 14.1. The molecule has 0 aromatic heterocycles. The number of ether oxygens (including phenoxy) is 1. The van der Waals surface area contributed by atoms with Crippen molar-refractivity contribution in [3.05, 3.63) is 96.1 Å². The number of benzene rings is 3. The maximum atomic E-state index is 13.3. The van der Waals surface area contributed by atoms with Crippen molar-refractivity contribution in [3.8, 4) is 5.75 Å². The Balaban J connectivity index is 1.74. The molecule has 0 radical (unpaired) electrons. The van der Waals surface area contributed by atoms with Crippen LogP contribution >= 0.6 is 0 Å². The summed E-state index contributed by atoms with van der Waals surface area (Å²) in [5, 5.41) is 2.81. The van der Waals surface area contributed by atoms with E-state index in [0.29, 0.717) is 11.4 Å². The van der Waals surface area contributed by atoms with Gasteiger partial charge in [-0.05, 0) is 23.3 Å². The SMILES string of the molecule is COc1cccc(NC(=O)CN(C)C(=O)C(c2ccccc2)c2ccccc2)c1. The molecule has 0 aliphatic rings. The number of likely N-dealkylation sites (N-methyl/N-ethyl adjacent to an activating group) is 1. The summed E-state index contributed by atoms with van der Waals surface area (Å²) >= 11 is 0. The van der Waals surface area contributed by atoms with Gasteiger partial charge in [0.25, 0.3) is 0 Å². The number of anilines is 1. The summed E-state index contributed by atoms with van der Waals surface area (Å²) in [5.41, 5.74) is 2.41. The van der Waals surface area contributed by atoms with Crippen LogP contribution in [0.2, 0.25) is 0 Å². The fraction of sp³-hybridized carbons (Fsp3) is 0.167. The van der Waals surface area contributed by atoms with Gasteiger partial charge in [-0.15, -0.1) is 0 Å². The molecule has 148 valence electrons. The highest BCUT2D eigenvalue weighted by molar-refractivity contribution is 5.96. The van der Waals surface area contributed by atoms with E-state index in [0.717, 1.165) is 11.1 Å². The van der Waals surface area contributed by atoms with E-state index < -0.39 is 5.92 Å². The lowest BCUT2D eigenvalue weighted by molar-refractivity contribution is -0.133. The van der Waals surface area contributed by atoms with Gasteiger partial charge in [-0.2, -0.15) is 0 Å². The highest BCUT2D eigenvalue weighted by Gasteiger charge is 2.26. The van der Waals surface area contributed by atoms with Gasteiger partial charge in [0.1, 0.15) is 5.75 Å². The molecule has 5 heteroatoms. The summed E-state index contributed by atoms with van der Waals surface area (Å²) in [6, 6.07) is 26.3. The standard InChI is InChI=1S/C24H24N2O3/c1-26(17-22(27)25-20-14-9-15-21(16-20)29-2)24(28)23(18-10-5-3-6-11-18)19-12-7-4-8-13-19/h3-16,23H,17H2,1-2H3,(H,25,27). The maximum Gasteiger partial charge on any atom is 0.243 e. The molecule has 3 aromatic carbocycles. The fourth-order valence-electron chi connectivity index (χ4n) is 3.18. The minimum atomic E-state index is -0.466. The topological polar surface area (TPSA) is 58.6 Å². The van der Waals surface area contributed by atoms with Gasteiger partial charge in [0.15, 0.2) is 0 Å². The lowest BCUT2D eigenvalue weighted by Gasteiger charge is -2.24. The maximum absolute atomic E-state index is 13.3. The van der Waals surface area contributed by atoms with E-state index in [1.165, 1.54) is 4.90 Å². The van der Waals surface area contributed by atoms with Crippen molar-refractivity contribution in [3.63, 3.8) is 0 Å². The lowest BCUT2D eigenvalue weighted by atomic mass is 9.90. The van der Waals surface area contributed by atoms with E-state index >= 15 is 0 Å². The molecular formula is C24H24N2O3. The van der Waals surface area contributed by atoms with E-state index in [4.69, 9.17) is 4.74 Å². The minimum absolute atomic E-state index is 0.0494. The van der Waals surface area contributed by atoms with Crippen LogP contribution in [0.1, 0.15) is 17.0 Å². The zero-order chi connectivity index (χ0) is 20.6. The van der Waals surface area contributed by atoms with Crippen LogP contribution in [-0.4, -0.2) is 37.4 Å². The number of nitrogens with one attached hydrogen (secondary N) is 1. The van der Waals surface area contributed by atoms with Crippen LogP contribution in [0.15, 0.2) is 84.9 Å². The number of carbonyl (C=O) groups excluding carboxylic acids is 2. The van der Waals surface area contributed by atoms with E-state index in [1.54, 1.807) is 38.4 Å². The number of hydrogen-bond acceptors (Lipinski definition) is 3. The average molecular weight is 388 g/mol. The monoisotopic (exact) mass is 388 g/mol. The van der Waals surface area contributed by atoms with Crippen LogP contribution in [0.4, 0.5) is 5.69 Å². The predicted octanol–water partition coefficient (Wildman–Crippen LogP) is 3.92. The van der Waals surface area contributed by atoms with Crippen molar-refractivity contribution in [1.29, 1.82) is 0 Å². The molecule has 3 aromatic rings. The number of nitrogens with zero attached hydrogens (tertiary/aromatic N) is 1. The molecule has 0 saturated heterocycles. The molecule has 0 bridgehead atoms. The molecule has 0 unspecified atom stereocenters. The third kappa shape index (κ3) is 5.23. The normalized spacial score (nSPS) is 10.4. The third-order valence-electron chi connectivity index (χ3n) is 4.62. The molecule has 0 heterocycles. The molecule has 0 fully saturated rings. The first-order valence-corrected chi connectivity index (χ1v) is 9.37. The van der Waals surface area contributed by atoms with Crippen molar-refractivity contribution in [2.45, 2.75) is 5.92 Å². The van der Waals surface area contributed by atoms with Gasteiger partial charge in [-0.1, -0.05) is 66.7 Å². The Hall–Kier alpha value is -3.60. The van der Waals surface area contributed by atoms with Gasteiger partial charge in [0, 0.05) is 18.8 Å². The first-order valence-electron chi connectivity index (χ1n) is 9.37. The van der Waals surface area contributed by atoms with Gasteiger partial charge >= 0.3 is 0 Å². The molecule has 0 aliphatic carbocycles. The van der Waals surface area contributed by atoms with Gasteiger partial charge in [0.05, 0.1) is 19.6 Å². The molecule has 2 amide bonds. The van der Waals surface area contributed by atoms with Crippen molar-refractivity contribution in [2.24, 2.45) is 0 Å². The molecule has 0 atom stereocenters. The number of rotatable bonds is 7. The zero-order valence-corrected chi connectivity index (χ0v) is 16.5. The van der Waals surface area contributed by atoms with Crippen molar-refractivity contribution < 1.29 is 14.3 Å². The van der Waals surface area contributed by atoms with Gasteiger partial charge < -0.3 is 15.0 Å². The zero-order valence-electron chi connectivity index (χ0n) is 16.5. The van der Waals surface area contributed by atoms with Crippen molar-refractivity contribution in [1.82, 2.24) is 4.90 Å². The summed E-state index contributed by atoms with van der Waals surface area (Å²) in [7, 11) is 3.22. The first kappa shape index (κ1) is 20.1. The van der Waals surface area contributed by atoms with Gasteiger partial charge in [-0.3, -0.25) is 9.59 Å². The number of carbonyl (C=O) groups is 2. The van der Waals surface area contributed by atoms with Crippen LogP contribution in [0.3, 0.4) is 0 Å². The predicted molar refractivity (Wildman–Crippen MR) is 114 cm³/mol. The Labute approximate surface area is 170 Å². The summed E-state index contributed by atoms with van der Waals surface area (Å²) in [6.45, 7) is -0.0494. The van der Waals surface area contributed by atoms with E-state index in [2.05, 4.69) is 5.32 Å². The Bertz CT molecular complexity index is 919. The fourth-order valence-corrected chi connectivity index (χ4v) is 3.18. The van der Waals surface area contributed by atoms with Crippen LogP contribution in [-0.2, 0) is 9.59 Å². The second-order valence-corrected chi connectivity index (χ2v) is 6.73. The molecule has 29 heavy (non-hydrogen) atoms.